The number of benzene rings is 1. The highest BCUT2D eigenvalue weighted by molar-refractivity contribution is 7.89. The largest absolute Gasteiger partial charge is 0.452 e. The van der Waals surface area contributed by atoms with E-state index in [-0.39, 0.29) is 10.6 Å². The topological polar surface area (TPSA) is 85.5 Å². The molecule has 0 spiro atoms. The van der Waals surface area contributed by atoms with Gasteiger partial charge in [-0.1, -0.05) is 6.07 Å². The van der Waals surface area contributed by atoms with Crippen LogP contribution in [0.3, 0.4) is 0 Å². The molecule has 1 aromatic carbocycles. The molecule has 0 amide bonds. The fourth-order valence-electron chi connectivity index (χ4n) is 3.34. The van der Waals surface area contributed by atoms with Gasteiger partial charge in [0.2, 0.25) is 10.0 Å². The molecule has 0 bridgehead atoms. The van der Waals surface area contributed by atoms with Crippen molar-refractivity contribution in [2.24, 2.45) is 5.14 Å². The van der Waals surface area contributed by atoms with Crippen molar-refractivity contribution >= 4 is 15.7 Å². The second kappa shape index (κ2) is 6.65. The zero-order chi connectivity index (χ0) is 18.2. The summed E-state index contributed by atoms with van der Waals surface area (Å²) in [5, 5.41) is 5.43. The molecule has 134 valence electrons. The molecule has 6 nitrogen and oxygen atoms in total. The first-order valence-corrected chi connectivity index (χ1v) is 9.86. The van der Waals surface area contributed by atoms with Gasteiger partial charge in [-0.2, -0.15) is 0 Å². The molecule has 7 heteroatoms. The Kier molecular flexibility index (Phi) is 4.71. The maximum Gasteiger partial charge on any atom is 0.241 e. The predicted molar refractivity (Wildman–Crippen MR) is 97.5 cm³/mol. The van der Waals surface area contributed by atoms with Crippen molar-refractivity contribution in [2.75, 3.05) is 4.90 Å². The van der Waals surface area contributed by atoms with Crippen LogP contribution in [0.2, 0.25) is 0 Å². The molecule has 1 aromatic heterocycles. The van der Waals surface area contributed by atoms with E-state index in [2.05, 4.69) is 23.7 Å². The average molecular weight is 361 g/mol. The number of pyridine rings is 1. The van der Waals surface area contributed by atoms with Crippen molar-refractivity contribution in [3.8, 4) is 11.5 Å². The summed E-state index contributed by atoms with van der Waals surface area (Å²) in [5.41, 5.74) is 1.60. The van der Waals surface area contributed by atoms with E-state index in [0.717, 1.165) is 24.2 Å². The van der Waals surface area contributed by atoms with Gasteiger partial charge in [-0.15, -0.1) is 0 Å². The number of primary sulfonamides is 1. The lowest BCUT2D eigenvalue weighted by Crippen LogP contribution is -2.33. The van der Waals surface area contributed by atoms with E-state index in [1.165, 1.54) is 6.07 Å². The highest BCUT2D eigenvalue weighted by atomic mass is 32.2. The minimum absolute atomic E-state index is 0.0168. The van der Waals surface area contributed by atoms with E-state index in [1.54, 1.807) is 18.3 Å². The molecular weight excluding hydrogens is 338 g/mol. The van der Waals surface area contributed by atoms with Crippen LogP contribution in [0.25, 0.3) is 0 Å². The zero-order valence-corrected chi connectivity index (χ0v) is 15.5. The number of hydrogen-bond donors (Lipinski definition) is 1. The van der Waals surface area contributed by atoms with Gasteiger partial charge < -0.3 is 9.64 Å². The summed E-state index contributed by atoms with van der Waals surface area (Å²) >= 11 is 0. The molecule has 1 aliphatic heterocycles. The van der Waals surface area contributed by atoms with Crippen molar-refractivity contribution < 1.29 is 13.2 Å². The van der Waals surface area contributed by atoms with E-state index >= 15 is 0 Å². The molecule has 2 heterocycles. The lowest BCUT2D eigenvalue weighted by atomic mass is 10.2. The maximum atomic E-state index is 12.1. The highest BCUT2D eigenvalue weighted by Gasteiger charge is 2.32. The highest BCUT2D eigenvalue weighted by Crippen LogP contribution is 2.42. The first kappa shape index (κ1) is 17.7. The lowest BCUT2D eigenvalue weighted by molar-refractivity contribution is 0.461. The number of nitrogens with zero attached hydrogens (tertiary/aromatic N) is 2. The van der Waals surface area contributed by atoms with E-state index in [4.69, 9.17) is 9.88 Å². The van der Waals surface area contributed by atoms with Crippen LogP contribution in [0.5, 0.6) is 11.5 Å². The Balaban J connectivity index is 2.13. The lowest BCUT2D eigenvalue weighted by Gasteiger charge is -2.31. The third kappa shape index (κ3) is 3.62. The third-order valence-corrected chi connectivity index (χ3v) is 5.53. The summed E-state index contributed by atoms with van der Waals surface area (Å²) in [5.74, 6) is 0.735. The summed E-state index contributed by atoms with van der Waals surface area (Å²) in [6.45, 7) is 6.13. The molecule has 25 heavy (non-hydrogen) atoms. The van der Waals surface area contributed by atoms with Gasteiger partial charge in [0.15, 0.2) is 5.75 Å². The Morgan fingerprint density at radius 2 is 1.84 bits per heavy atom. The fraction of sp³-hybridized carbons (Fsp3) is 0.389. The Labute approximate surface area is 148 Å². The minimum Gasteiger partial charge on any atom is -0.452 e. The summed E-state index contributed by atoms with van der Waals surface area (Å²) in [6.07, 6.45) is 3.68. The summed E-state index contributed by atoms with van der Waals surface area (Å²) in [7, 11) is -3.92. The summed E-state index contributed by atoms with van der Waals surface area (Å²) < 4.78 is 30.2. The number of aromatic nitrogens is 1. The van der Waals surface area contributed by atoms with Gasteiger partial charge in [0.25, 0.3) is 0 Å². The zero-order valence-electron chi connectivity index (χ0n) is 14.6. The van der Waals surface area contributed by atoms with E-state index in [0.29, 0.717) is 17.8 Å². The molecule has 1 aliphatic rings. The standard InChI is InChI=1S/C18H23N3O3S/c1-12-7-10-15(11-20-12)24-18-16(21-13(2)8-9-14(21)3)5-4-6-17(18)25(19,22)23/h4-7,10-11,13-14H,8-9H2,1-3H3,(H2,19,22,23). The van der Waals surface area contributed by atoms with Crippen LogP contribution in [-0.2, 0) is 10.0 Å². The van der Waals surface area contributed by atoms with Gasteiger partial charge in [-0.3, -0.25) is 4.98 Å². The number of sulfonamides is 1. The van der Waals surface area contributed by atoms with Crippen LogP contribution in [0.15, 0.2) is 41.4 Å². The Hall–Kier alpha value is -2.12. The SMILES string of the molecule is Cc1ccc(Oc2c(N3C(C)CCC3C)cccc2S(N)(=O)=O)cn1. The molecule has 1 saturated heterocycles. The Bertz CT molecular complexity index is 856. The minimum atomic E-state index is -3.92. The van der Waals surface area contributed by atoms with Gasteiger partial charge in [-0.05, 0) is 57.9 Å². The molecule has 2 atom stereocenters. The predicted octanol–water partition coefficient (Wildman–Crippen LogP) is 3.21. The molecular formula is C18H23N3O3S. The first-order chi connectivity index (χ1) is 11.8. The van der Waals surface area contributed by atoms with Crippen LogP contribution >= 0.6 is 0 Å². The van der Waals surface area contributed by atoms with Crippen molar-refractivity contribution in [1.82, 2.24) is 4.98 Å². The van der Waals surface area contributed by atoms with E-state index in [1.807, 2.05) is 19.1 Å². The number of para-hydroxylation sites is 1. The van der Waals surface area contributed by atoms with Crippen LogP contribution < -0.4 is 14.8 Å². The molecule has 2 N–H and O–H groups in total. The first-order valence-electron chi connectivity index (χ1n) is 8.32. The van der Waals surface area contributed by atoms with Crippen LogP contribution in [0.4, 0.5) is 5.69 Å². The second-order valence-electron chi connectivity index (χ2n) is 6.57. The monoisotopic (exact) mass is 361 g/mol. The van der Waals surface area contributed by atoms with E-state index in [9.17, 15) is 8.42 Å². The van der Waals surface area contributed by atoms with Crippen molar-refractivity contribution in [2.45, 2.75) is 50.6 Å². The molecule has 1 fully saturated rings. The number of aryl methyl sites for hydroxylation is 1. The summed E-state index contributed by atoms with van der Waals surface area (Å²) in [6, 6.07) is 9.23. The number of rotatable bonds is 4. The summed E-state index contributed by atoms with van der Waals surface area (Å²) in [4.78, 5) is 6.39. The normalized spacial score (nSPS) is 20.7. The number of nitrogens with two attached hydrogens (primary N) is 1. The van der Waals surface area contributed by atoms with Crippen molar-refractivity contribution in [3.05, 3.63) is 42.2 Å². The van der Waals surface area contributed by atoms with Gasteiger partial charge >= 0.3 is 0 Å². The molecule has 2 unspecified atom stereocenters. The molecule has 0 radical (unpaired) electrons. The molecule has 0 aliphatic carbocycles. The quantitative estimate of drug-likeness (QED) is 0.904. The average Bonchev–Trinajstić information content (AvgIpc) is 2.88. The van der Waals surface area contributed by atoms with Gasteiger partial charge in [0.05, 0.1) is 11.9 Å². The van der Waals surface area contributed by atoms with Crippen LogP contribution in [-0.4, -0.2) is 25.5 Å². The third-order valence-electron chi connectivity index (χ3n) is 4.60. The molecule has 0 saturated carbocycles. The van der Waals surface area contributed by atoms with E-state index < -0.39 is 10.0 Å². The molecule has 3 rings (SSSR count). The van der Waals surface area contributed by atoms with Gasteiger partial charge in [0, 0.05) is 17.8 Å². The van der Waals surface area contributed by atoms with Gasteiger partial charge in [0.1, 0.15) is 10.6 Å². The molecule has 2 aromatic rings. The smallest absolute Gasteiger partial charge is 0.241 e. The van der Waals surface area contributed by atoms with Crippen LogP contribution in [0, 0.1) is 6.92 Å². The van der Waals surface area contributed by atoms with Crippen molar-refractivity contribution in [3.63, 3.8) is 0 Å². The number of hydrogen-bond acceptors (Lipinski definition) is 5. The maximum absolute atomic E-state index is 12.1. The van der Waals surface area contributed by atoms with Crippen molar-refractivity contribution in [1.29, 1.82) is 0 Å². The van der Waals surface area contributed by atoms with Gasteiger partial charge in [-0.25, -0.2) is 13.6 Å². The Morgan fingerprint density at radius 3 is 2.40 bits per heavy atom. The second-order valence-corrected chi connectivity index (χ2v) is 8.10. The van der Waals surface area contributed by atoms with Crippen LogP contribution in [0.1, 0.15) is 32.4 Å². The fourth-order valence-corrected chi connectivity index (χ4v) is 4.01. The number of ether oxygens (including phenoxy) is 1. The number of anilines is 1. The Morgan fingerprint density at radius 1 is 1.16 bits per heavy atom.